The van der Waals surface area contributed by atoms with Gasteiger partial charge in [-0.05, 0) is 43.3 Å². The SMILES string of the molecule is CCOc1ccc(N2CC(CNC(=O)c3ccccc3)CC2=O)cc1. The molecule has 0 aromatic heterocycles. The molecule has 0 aliphatic carbocycles. The minimum absolute atomic E-state index is 0.0862. The Balaban J connectivity index is 1.56. The Labute approximate surface area is 147 Å². The molecule has 0 spiro atoms. The third-order valence-corrected chi connectivity index (χ3v) is 4.25. The van der Waals surface area contributed by atoms with Crippen molar-refractivity contribution in [3.63, 3.8) is 0 Å². The van der Waals surface area contributed by atoms with Gasteiger partial charge in [0.2, 0.25) is 5.91 Å². The zero-order chi connectivity index (χ0) is 17.6. The lowest BCUT2D eigenvalue weighted by molar-refractivity contribution is -0.117. The van der Waals surface area contributed by atoms with E-state index in [1.807, 2.05) is 49.4 Å². The van der Waals surface area contributed by atoms with Gasteiger partial charge in [0.1, 0.15) is 5.75 Å². The molecule has 1 unspecified atom stereocenters. The lowest BCUT2D eigenvalue weighted by Gasteiger charge is -2.17. The summed E-state index contributed by atoms with van der Waals surface area (Å²) in [5.74, 6) is 0.895. The molecular formula is C20H22N2O3. The molecule has 1 saturated heterocycles. The Morgan fingerprint density at radius 2 is 1.88 bits per heavy atom. The molecule has 0 bridgehead atoms. The van der Waals surface area contributed by atoms with Crippen molar-refractivity contribution in [3.8, 4) is 5.75 Å². The van der Waals surface area contributed by atoms with Gasteiger partial charge >= 0.3 is 0 Å². The van der Waals surface area contributed by atoms with Crippen LogP contribution < -0.4 is 15.0 Å². The number of carbonyl (C=O) groups excluding carboxylic acids is 2. The summed E-state index contributed by atoms with van der Waals surface area (Å²) in [4.78, 5) is 26.2. The van der Waals surface area contributed by atoms with Crippen LogP contribution in [0.15, 0.2) is 54.6 Å². The number of nitrogens with zero attached hydrogens (tertiary/aromatic N) is 1. The molecule has 1 heterocycles. The first-order valence-corrected chi connectivity index (χ1v) is 8.54. The van der Waals surface area contributed by atoms with Gasteiger partial charge in [-0.1, -0.05) is 18.2 Å². The summed E-state index contributed by atoms with van der Waals surface area (Å²) >= 11 is 0. The van der Waals surface area contributed by atoms with Crippen molar-refractivity contribution in [2.24, 2.45) is 5.92 Å². The highest BCUT2D eigenvalue weighted by Crippen LogP contribution is 2.26. The summed E-state index contributed by atoms with van der Waals surface area (Å²) in [6.45, 7) is 3.66. The van der Waals surface area contributed by atoms with E-state index in [1.165, 1.54) is 0 Å². The molecule has 3 rings (SSSR count). The van der Waals surface area contributed by atoms with Crippen molar-refractivity contribution in [3.05, 3.63) is 60.2 Å². The van der Waals surface area contributed by atoms with Gasteiger partial charge in [0, 0.05) is 36.7 Å². The van der Waals surface area contributed by atoms with Gasteiger partial charge < -0.3 is 15.0 Å². The third kappa shape index (κ3) is 4.18. The van der Waals surface area contributed by atoms with E-state index < -0.39 is 0 Å². The predicted octanol–water partition coefficient (Wildman–Crippen LogP) is 2.87. The van der Waals surface area contributed by atoms with E-state index in [4.69, 9.17) is 4.74 Å². The van der Waals surface area contributed by atoms with Crippen LogP contribution in [0.25, 0.3) is 0 Å². The maximum Gasteiger partial charge on any atom is 0.251 e. The van der Waals surface area contributed by atoms with Crippen LogP contribution >= 0.6 is 0 Å². The van der Waals surface area contributed by atoms with Crippen molar-refractivity contribution >= 4 is 17.5 Å². The molecule has 0 radical (unpaired) electrons. The second-order valence-electron chi connectivity index (χ2n) is 6.08. The fraction of sp³-hybridized carbons (Fsp3) is 0.300. The molecule has 1 aliphatic rings. The lowest BCUT2D eigenvalue weighted by atomic mass is 10.1. The first-order chi connectivity index (χ1) is 12.2. The number of amides is 2. The lowest BCUT2D eigenvalue weighted by Crippen LogP contribution is -2.31. The first kappa shape index (κ1) is 17.0. The average molecular weight is 338 g/mol. The largest absolute Gasteiger partial charge is 0.494 e. The topological polar surface area (TPSA) is 58.6 Å². The molecule has 1 atom stereocenters. The van der Waals surface area contributed by atoms with Crippen molar-refractivity contribution in [1.82, 2.24) is 5.32 Å². The Morgan fingerprint density at radius 1 is 1.16 bits per heavy atom. The molecule has 2 aromatic rings. The second-order valence-corrected chi connectivity index (χ2v) is 6.08. The Morgan fingerprint density at radius 3 is 2.56 bits per heavy atom. The number of anilines is 1. The molecule has 1 fully saturated rings. The first-order valence-electron chi connectivity index (χ1n) is 8.54. The highest BCUT2D eigenvalue weighted by molar-refractivity contribution is 5.96. The molecule has 2 amide bonds. The smallest absolute Gasteiger partial charge is 0.251 e. The molecule has 5 nitrogen and oxygen atoms in total. The number of ether oxygens (including phenoxy) is 1. The minimum Gasteiger partial charge on any atom is -0.494 e. The van der Waals surface area contributed by atoms with Crippen molar-refractivity contribution in [1.29, 1.82) is 0 Å². The number of hydrogen-bond acceptors (Lipinski definition) is 3. The quantitative estimate of drug-likeness (QED) is 0.881. The van der Waals surface area contributed by atoms with Crippen LogP contribution in [0.3, 0.4) is 0 Å². The highest BCUT2D eigenvalue weighted by atomic mass is 16.5. The molecule has 130 valence electrons. The van der Waals surface area contributed by atoms with Crippen LogP contribution in [0, 0.1) is 5.92 Å². The van der Waals surface area contributed by atoms with Gasteiger partial charge in [-0.25, -0.2) is 0 Å². The van der Waals surface area contributed by atoms with Gasteiger partial charge in [0.05, 0.1) is 6.61 Å². The van der Waals surface area contributed by atoms with Crippen molar-refractivity contribution in [2.75, 3.05) is 24.6 Å². The van der Waals surface area contributed by atoms with Gasteiger partial charge in [-0.15, -0.1) is 0 Å². The van der Waals surface area contributed by atoms with E-state index in [0.29, 0.717) is 31.7 Å². The maximum atomic E-state index is 12.3. The monoisotopic (exact) mass is 338 g/mol. The van der Waals surface area contributed by atoms with Crippen LogP contribution in [-0.4, -0.2) is 31.5 Å². The predicted molar refractivity (Wildman–Crippen MR) is 96.8 cm³/mol. The van der Waals surface area contributed by atoms with Gasteiger partial charge in [-0.2, -0.15) is 0 Å². The normalized spacial score (nSPS) is 16.8. The van der Waals surface area contributed by atoms with Crippen LogP contribution in [0.2, 0.25) is 0 Å². The standard InChI is InChI=1S/C20H22N2O3/c1-2-25-18-10-8-17(9-11-18)22-14-15(12-19(22)23)13-21-20(24)16-6-4-3-5-7-16/h3-11,15H,2,12-14H2,1H3,(H,21,24). The summed E-state index contributed by atoms with van der Waals surface area (Å²) in [6, 6.07) is 16.6. The number of nitrogens with one attached hydrogen (secondary N) is 1. The van der Waals surface area contributed by atoms with Crippen LogP contribution in [0.5, 0.6) is 5.75 Å². The Bertz CT molecular complexity index is 728. The van der Waals surface area contributed by atoms with Gasteiger partial charge in [-0.3, -0.25) is 9.59 Å². The van der Waals surface area contributed by atoms with Crippen molar-refractivity contribution < 1.29 is 14.3 Å². The van der Waals surface area contributed by atoms with E-state index in [-0.39, 0.29) is 17.7 Å². The highest BCUT2D eigenvalue weighted by Gasteiger charge is 2.30. The number of rotatable bonds is 6. The molecule has 5 heteroatoms. The van der Waals surface area contributed by atoms with E-state index in [2.05, 4.69) is 5.32 Å². The molecule has 25 heavy (non-hydrogen) atoms. The summed E-state index contributed by atoms with van der Waals surface area (Å²) in [5.41, 5.74) is 1.50. The van der Waals surface area contributed by atoms with Crippen LogP contribution in [0.4, 0.5) is 5.69 Å². The summed E-state index contributed by atoms with van der Waals surface area (Å²) < 4.78 is 5.43. The Kier molecular flexibility index (Phi) is 5.33. The van der Waals surface area contributed by atoms with Crippen LogP contribution in [0.1, 0.15) is 23.7 Å². The van der Waals surface area contributed by atoms with Gasteiger partial charge in [0.25, 0.3) is 5.91 Å². The van der Waals surface area contributed by atoms with Gasteiger partial charge in [0.15, 0.2) is 0 Å². The average Bonchev–Trinajstić information content (AvgIpc) is 3.02. The second kappa shape index (κ2) is 7.83. The fourth-order valence-electron chi connectivity index (χ4n) is 2.99. The molecular weight excluding hydrogens is 316 g/mol. The third-order valence-electron chi connectivity index (χ3n) is 4.25. The number of hydrogen-bond donors (Lipinski definition) is 1. The molecule has 2 aromatic carbocycles. The summed E-state index contributed by atoms with van der Waals surface area (Å²) in [5, 5.41) is 2.92. The van der Waals surface area contributed by atoms with E-state index in [9.17, 15) is 9.59 Å². The van der Waals surface area contributed by atoms with E-state index in [1.54, 1.807) is 17.0 Å². The molecule has 1 aliphatic heterocycles. The number of benzene rings is 2. The van der Waals surface area contributed by atoms with Crippen molar-refractivity contribution in [2.45, 2.75) is 13.3 Å². The summed E-state index contributed by atoms with van der Waals surface area (Å²) in [6.07, 6.45) is 0.447. The van der Waals surface area contributed by atoms with E-state index >= 15 is 0 Å². The molecule has 0 saturated carbocycles. The maximum absolute atomic E-state index is 12.3. The van der Waals surface area contributed by atoms with Crippen LogP contribution in [-0.2, 0) is 4.79 Å². The Hall–Kier alpha value is -2.82. The summed E-state index contributed by atoms with van der Waals surface area (Å²) in [7, 11) is 0. The molecule has 1 N–H and O–H groups in total. The zero-order valence-corrected chi connectivity index (χ0v) is 14.3. The number of carbonyl (C=O) groups is 2. The van der Waals surface area contributed by atoms with E-state index in [0.717, 1.165) is 11.4 Å². The fourth-order valence-corrected chi connectivity index (χ4v) is 2.99. The minimum atomic E-state index is -0.104. The zero-order valence-electron chi connectivity index (χ0n) is 14.3.